The standard InChI is InChI=1S/C15H18INO2/c1-19-15(18)14-12(8-11-6-7-13(14)17-11)9-2-4-10(16)5-3-9/h2-5,11-14,17H,6-8H2,1H3/t11-,12+,13+,14+/m0/s1. The van der Waals surface area contributed by atoms with Crippen LogP contribution in [0.1, 0.15) is 30.7 Å². The first-order chi connectivity index (χ1) is 9.19. The number of fused-ring (bicyclic) bond motifs is 2. The van der Waals surface area contributed by atoms with Crippen LogP contribution in [0.5, 0.6) is 0 Å². The predicted molar refractivity (Wildman–Crippen MR) is 82.0 cm³/mol. The van der Waals surface area contributed by atoms with Crippen molar-refractivity contribution in [2.45, 2.75) is 37.3 Å². The van der Waals surface area contributed by atoms with Gasteiger partial charge in [-0.2, -0.15) is 0 Å². The number of hydrogen-bond acceptors (Lipinski definition) is 3. The molecule has 3 nitrogen and oxygen atoms in total. The van der Waals surface area contributed by atoms with E-state index in [1.165, 1.54) is 22.7 Å². The number of ether oxygens (including phenoxy) is 1. The normalized spacial score (nSPS) is 33.2. The molecule has 4 heteroatoms. The summed E-state index contributed by atoms with van der Waals surface area (Å²) in [6.07, 6.45) is 3.31. The second-order valence-electron chi connectivity index (χ2n) is 5.49. The van der Waals surface area contributed by atoms with Crippen LogP contribution in [0.2, 0.25) is 0 Å². The molecule has 4 atom stereocenters. The summed E-state index contributed by atoms with van der Waals surface area (Å²) in [6, 6.07) is 9.41. The second kappa shape index (κ2) is 5.40. The molecule has 19 heavy (non-hydrogen) atoms. The van der Waals surface area contributed by atoms with Gasteiger partial charge in [-0.1, -0.05) is 12.1 Å². The van der Waals surface area contributed by atoms with Crippen molar-refractivity contribution >= 4 is 28.6 Å². The Morgan fingerprint density at radius 2 is 2.05 bits per heavy atom. The van der Waals surface area contributed by atoms with Gasteiger partial charge in [0.25, 0.3) is 0 Å². The fourth-order valence-corrected chi connectivity index (χ4v) is 3.93. The maximum Gasteiger partial charge on any atom is 0.310 e. The lowest BCUT2D eigenvalue weighted by Gasteiger charge is -2.36. The number of carbonyl (C=O) groups excluding carboxylic acids is 1. The van der Waals surface area contributed by atoms with E-state index in [4.69, 9.17) is 4.74 Å². The first kappa shape index (κ1) is 13.4. The molecule has 2 aliphatic rings. The van der Waals surface area contributed by atoms with Gasteiger partial charge in [-0.15, -0.1) is 0 Å². The second-order valence-corrected chi connectivity index (χ2v) is 6.74. The molecule has 1 aromatic rings. The van der Waals surface area contributed by atoms with Crippen LogP contribution in [0.15, 0.2) is 24.3 Å². The van der Waals surface area contributed by atoms with E-state index >= 15 is 0 Å². The van der Waals surface area contributed by atoms with Crippen LogP contribution >= 0.6 is 22.6 Å². The molecule has 2 aliphatic heterocycles. The summed E-state index contributed by atoms with van der Waals surface area (Å²) >= 11 is 2.31. The number of esters is 1. The number of hydrogen-bond donors (Lipinski definition) is 1. The van der Waals surface area contributed by atoms with E-state index in [9.17, 15) is 4.79 Å². The number of nitrogens with one attached hydrogen (secondary N) is 1. The highest BCUT2D eigenvalue weighted by Crippen LogP contribution is 2.42. The minimum Gasteiger partial charge on any atom is -0.469 e. The minimum atomic E-state index is -0.0681. The van der Waals surface area contributed by atoms with Crippen LogP contribution in [0.25, 0.3) is 0 Å². The van der Waals surface area contributed by atoms with Crippen LogP contribution in [-0.4, -0.2) is 25.2 Å². The minimum absolute atomic E-state index is 0.0381. The van der Waals surface area contributed by atoms with Crippen molar-refractivity contribution in [3.63, 3.8) is 0 Å². The van der Waals surface area contributed by atoms with Gasteiger partial charge in [-0.05, 0) is 59.5 Å². The highest BCUT2D eigenvalue weighted by atomic mass is 127. The molecule has 0 spiro atoms. The molecule has 0 aliphatic carbocycles. The van der Waals surface area contributed by atoms with Crippen molar-refractivity contribution in [2.75, 3.05) is 7.11 Å². The monoisotopic (exact) mass is 371 g/mol. The van der Waals surface area contributed by atoms with Gasteiger partial charge < -0.3 is 10.1 Å². The highest BCUT2D eigenvalue weighted by Gasteiger charge is 2.46. The molecule has 2 fully saturated rings. The number of piperidine rings is 1. The lowest BCUT2D eigenvalue weighted by molar-refractivity contribution is -0.148. The number of benzene rings is 1. The molecule has 2 heterocycles. The summed E-state index contributed by atoms with van der Waals surface area (Å²) in [5, 5.41) is 3.56. The molecule has 1 aromatic carbocycles. The fourth-order valence-electron chi connectivity index (χ4n) is 3.57. The zero-order valence-electron chi connectivity index (χ0n) is 10.9. The van der Waals surface area contributed by atoms with Gasteiger partial charge in [-0.3, -0.25) is 4.79 Å². The van der Waals surface area contributed by atoms with E-state index in [1.807, 2.05) is 0 Å². The van der Waals surface area contributed by atoms with Gasteiger partial charge in [0, 0.05) is 21.6 Å². The molecule has 2 bridgehead atoms. The smallest absolute Gasteiger partial charge is 0.310 e. The van der Waals surface area contributed by atoms with Gasteiger partial charge in [0.15, 0.2) is 0 Å². The Hall–Kier alpha value is -0.620. The lowest BCUT2D eigenvalue weighted by Crippen LogP contribution is -2.48. The van der Waals surface area contributed by atoms with Gasteiger partial charge in [0.05, 0.1) is 13.0 Å². The molecular weight excluding hydrogens is 353 g/mol. The van der Waals surface area contributed by atoms with Crippen LogP contribution < -0.4 is 5.32 Å². The molecule has 2 saturated heterocycles. The van der Waals surface area contributed by atoms with E-state index in [-0.39, 0.29) is 17.9 Å². The van der Waals surface area contributed by atoms with Crippen molar-refractivity contribution in [1.82, 2.24) is 5.32 Å². The lowest BCUT2D eigenvalue weighted by atomic mass is 9.77. The van der Waals surface area contributed by atoms with E-state index in [0.717, 1.165) is 12.8 Å². The first-order valence-electron chi connectivity index (χ1n) is 6.78. The van der Waals surface area contributed by atoms with E-state index < -0.39 is 0 Å². The first-order valence-corrected chi connectivity index (χ1v) is 7.86. The Kier molecular flexibility index (Phi) is 3.80. The topological polar surface area (TPSA) is 38.3 Å². The van der Waals surface area contributed by atoms with Gasteiger partial charge in [-0.25, -0.2) is 0 Å². The molecule has 0 saturated carbocycles. The largest absolute Gasteiger partial charge is 0.469 e. The van der Waals surface area contributed by atoms with E-state index in [2.05, 4.69) is 52.2 Å². The zero-order valence-corrected chi connectivity index (χ0v) is 13.1. The summed E-state index contributed by atoms with van der Waals surface area (Å²) < 4.78 is 6.26. The van der Waals surface area contributed by atoms with Crippen LogP contribution in [0.4, 0.5) is 0 Å². The Labute approximate surface area is 127 Å². The Bertz CT molecular complexity index is 474. The van der Waals surface area contributed by atoms with Crippen LogP contribution in [0.3, 0.4) is 0 Å². The van der Waals surface area contributed by atoms with Crippen molar-refractivity contribution in [3.8, 4) is 0 Å². The van der Waals surface area contributed by atoms with E-state index in [0.29, 0.717) is 12.0 Å². The van der Waals surface area contributed by atoms with Crippen molar-refractivity contribution in [2.24, 2.45) is 5.92 Å². The molecule has 0 aromatic heterocycles. The molecular formula is C15H18INO2. The predicted octanol–water partition coefficient (Wildman–Crippen LogP) is 2.69. The van der Waals surface area contributed by atoms with E-state index in [1.54, 1.807) is 0 Å². The Morgan fingerprint density at radius 3 is 2.74 bits per heavy atom. The highest BCUT2D eigenvalue weighted by molar-refractivity contribution is 14.1. The SMILES string of the molecule is COC(=O)[C@@H]1[C@@H](c2ccc(I)cc2)C[C@@H]2CC[C@H]1N2. The van der Waals surface area contributed by atoms with Crippen LogP contribution in [-0.2, 0) is 9.53 Å². The van der Waals surface area contributed by atoms with Gasteiger partial charge in [0.1, 0.15) is 0 Å². The molecule has 1 N–H and O–H groups in total. The Morgan fingerprint density at radius 1 is 1.32 bits per heavy atom. The third-order valence-electron chi connectivity index (χ3n) is 4.45. The number of halogens is 1. The summed E-state index contributed by atoms with van der Waals surface area (Å²) in [5.41, 5.74) is 1.27. The fraction of sp³-hybridized carbons (Fsp3) is 0.533. The van der Waals surface area contributed by atoms with Gasteiger partial charge >= 0.3 is 5.97 Å². The van der Waals surface area contributed by atoms with Crippen LogP contribution in [0, 0.1) is 9.49 Å². The quantitative estimate of drug-likeness (QED) is 0.642. The molecule has 0 radical (unpaired) electrons. The maximum absolute atomic E-state index is 12.1. The number of methoxy groups -OCH3 is 1. The van der Waals surface area contributed by atoms with Gasteiger partial charge in [0.2, 0.25) is 0 Å². The van der Waals surface area contributed by atoms with Crippen molar-refractivity contribution < 1.29 is 9.53 Å². The molecule has 102 valence electrons. The Balaban J connectivity index is 1.92. The maximum atomic E-state index is 12.1. The van der Waals surface area contributed by atoms with Crippen molar-refractivity contribution in [3.05, 3.63) is 33.4 Å². The third-order valence-corrected chi connectivity index (χ3v) is 5.17. The number of rotatable bonds is 2. The average Bonchev–Trinajstić information content (AvgIpc) is 2.80. The summed E-state index contributed by atoms with van der Waals surface area (Å²) in [6.45, 7) is 0. The third kappa shape index (κ3) is 2.52. The molecule has 0 unspecified atom stereocenters. The molecule has 0 amide bonds. The zero-order chi connectivity index (χ0) is 13.4. The average molecular weight is 371 g/mol. The summed E-state index contributed by atoms with van der Waals surface area (Å²) in [5.74, 6) is 0.188. The summed E-state index contributed by atoms with van der Waals surface area (Å²) in [7, 11) is 1.49. The molecule has 3 rings (SSSR count). The van der Waals surface area contributed by atoms with Crippen molar-refractivity contribution in [1.29, 1.82) is 0 Å². The number of carbonyl (C=O) groups is 1. The summed E-state index contributed by atoms with van der Waals surface area (Å²) in [4.78, 5) is 12.1.